The summed E-state index contributed by atoms with van der Waals surface area (Å²) in [6, 6.07) is 18.8. The standard InChI is InChI=1S/C22H24N4OS/c1-16-8-10-17(11-9-16)25-13-5-7-19(25)21-20(18-6-3-4-12-23-18)24-22(28)26(21)14-15-27-2/h3-13,20-21H,14-15H2,1-2H3,(H,24,28)/t20-,21+/m1/s1. The van der Waals surface area contributed by atoms with Crippen LogP contribution in [-0.2, 0) is 4.74 Å². The third-order valence-electron chi connectivity index (χ3n) is 5.13. The molecule has 6 heteroatoms. The third kappa shape index (κ3) is 3.53. The molecule has 1 saturated heterocycles. The lowest BCUT2D eigenvalue weighted by molar-refractivity contribution is 0.163. The molecule has 0 amide bonds. The van der Waals surface area contributed by atoms with Gasteiger partial charge >= 0.3 is 0 Å². The number of methoxy groups -OCH3 is 1. The molecule has 0 bridgehead atoms. The second kappa shape index (κ2) is 8.12. The largest absolute Gasteiger partial charge is 0.383 e. The second-order valence-electron chi connectivity index (χ2n) is 6.95. The van der Waals surface area contributed by atoms with Gasteiger partial charge in [-0.05, 0) is 55.5 Å². The van der Waals surface area contributed by atoms with Crippen molar-refractivity contribution in [3.63, 3.8) is 0 Å². The number of rotatable bonds is 6. The van der Waals surface area contributed by atoms with Gasteiger partial charge in [0.25, 0.3) is 0 Å². The monoisotopic (exact) mass is 392 g/mol. The number of nitrogens with one attached hydrogen (secondary N) is 1. The molecule has 3 heterocycles. The lowest BCUT2D eigenvalue weighted by Gasteiger charge is -2.28. The molecule has 3 aromatic rings. The average Bonchev–Trinajstić information content (AvgIpc) is 3.32. The van der Waals surface area contributed by atoms with E-state index in [0.717, 1.165) is 23.0 Å². The highest BCUT2D eigenvalue weighted by Gasteiger charge is 2.40. The van der Waals surface area contributed by atoms with E-state index in [1.54, 1.807) is 7.11 Å². The minimum atomic E-state index is -0.0235. The number of ether oxygens (including phenoxy) is 1. The molecule has 5 nitrogen and oxygen atoms in total. The summed E-state index contributed by atoms with van der Waals surface area (Å²) < 4.78 is 7.57. The van der Waals surface area contributed by atoms with Crippen molar-refractivity contribution in [2.75, 3.05) is 20.3 Å². The third-order valence-corrected chi connectivity index (χ3v) is 5.48. The Kier molecular flexibility index (Phi) is 5.41. The van der Waals surface area contributed by atoms with Gasteiger partial charge in [0, 0.05) is 37.4 Å². The van der Waals surface area contributed by atoms with E-state index in [4.69, 9.17) is 17.0 Å². The summed E-state index contributed by atoms with van der Waals surface area (Å²) in [6.45, 7) is 3.43. The highest BCUT2D eigenvalue weighted by atomic mass is 32.1. The fraction of sp³-hybridized carbons (Fsp3) is 0.273. The number of thiocarbonyl (C=S) groups is 1. The lowest BCUT2D eigenvalue weighted by Crippen LogP contribution is -2.33. The van der Waals surface area contributed by atoms with E-state index in [9.17, 15) is 0 Å². The normalized spacial score (nSPS) is 19.1. The van der Waals surface area contributed by atoms with Gasteiger partial charge in [0.1, 0.15) is 0 Å². The van der Waals surface area contributed by atoms with E-state index in [0.29, 0.717) is 6.61 Å². The SMILES string of the molecule is COCCN1C(=S)N[C@H](c2ccccn2)[C@@H]1c1cccn1-c1ccc(C)cc1. The Morgan fingerprint density at radius 3 is 2.64 bits per heavy atom. The average molecular weight is 393 g/mol. The maximum Gasteiger partial charge on any atom is 0.170 e. The number of aromatic nitrogens is 2. The predicted molar refractivity (Wildman–Crippen MR) is 115 cm³/mol. The van der Waals surface area contributed by atoms with E-state index in [1.807, 2.05) is 24.4 Å². The van der Waals surface area contributed by atoms with Crippen LogP contribution in [0.4, 0.5) is 0 Å². The number of nitrogens with zero attached hydrogens (tertiary/aromatic N) is 3. The van der Waals surface area contributed by atoms with Crippen molar-refractivity contribution < 1.29 is 4.74 Å². The molecule has 0 unspecified atom stereocenters. The first-order chi connectivity index (χ1) is 13.7. The van der Waals surface area contributed by atoms with Crippen molar-refractivity contribution in [3.05, 3.63) is 83.9 Å². The van der Waals surface area contributed by atoms with Crippen LogP contribution >= 0.6 is 12.2 Å². The van der Waals surface area contributed by atoms with Gasteiger partial charge in [-0.2, -0.15) is 0 Å². The van der Waals surface area contributed by atoms with Crippen molar-refractivity contribution in [1.29, 1.82) is 0 Å². The Bertz CT molecular complexity index is 939. The summed E-state index contributed by atoms with van der Waals surface area (Å²) in [4.78, 5) is 6.80. The van der Waals surface area contributed by atoms with Crippen molar-refractivity contribution in [2.45, 2.75) is 19.0 Å². The molecule has 1 aliphatic heterocycles. The summed E-state index contributed by atoms with van der Waals surface area (Å²) in [5.74, 6) is 0. The van der Waals surface area contributed by atoms with Gasteiger partial charge < -0.3 is 19.5 Å². The van der Waals surface area contributed by atoms with Crippen LogP contribution in [0.25, 0.3) is 5.69 Å². The number of aryl methyl sites for hydroxylation is 1. The first-order valence-electron chi connectivity index (χ1n) is 9.40. The maximum atomic E-state index is 5.68. The number of hydrogen-bond acceptors (Lipinski definition) is 3. The molecule has 144 valence electrons. The molecule has 0 spiro atoms. The van der Waals surface area contributed by atoms with Crippen LogP contribution < -0.4 is 5.32 Å². The fourth-order valence-electron chi connectivity index (χ4n) is 3.73. The Hall–Kier alpha value is -2.70. The molecule has 4 rings (SSSR count). The summed E-state index contributed by atoms with van der Waals surface area (Å²) >= 11 is 5.68. The van der Waals surface area contributed by atoms with Crippen molar-refractivity contribution in [3.8, 4) is 5.69 Å². The molecule has 1 aromatic carbocycles. The van der Waals surface area contributed by atoms with Crippen LogP contribution in [0.15, 0.2) is 67.0 Å². The minimum Gasteiger partial charge on any atom is -0.383 e. The molecule has 0 saturated carbocycles. The van der Waals surface area contributed by atoms with Crippen LogP contribution in [0, 0.1) is 6.92 Å². The smallest absolute Gasteiger partial charge is 0.170 e. The Labute approximate surface area is 171 Å². The summed E-state index contributed by atoms with van der Waals surface area (Å²) in [5, 5.41) is 4.21. The molecule has 28 heavy (non-hydrogen) atoms. The van der Waals surface area contributed by atoms with Gasteiger partial charge in [-0.1, -0.05) is 23.8 Å². The summed E-state index contributed by atoms with van der Waals surface area (Å²) in [5.41, 5.74) is 4.53. The van der Waals surface area contributed by atoms with Crippen LogP contribution in [0.2, 0.25) is 0 Å². The van der Waals surface area contributed by atoms with E-state index >= 15 is 0 Å². The van der Waals surface area contributed by atoms with Crippen LogP contribution in [0.1, 0.15) is 29.0 Å². The quantitative estimate of drug-likeness (QED) is 0.647. The molecule has 2 atom stereocenters. The van der Waals surface area contributed by atoms with Crippen molar-refractivity contribution in [1.82, 2.24) is 19.8 Å². The Morgan fingerprint density at radius 2 is 1.93 bits per heavy atom. The number of pyridine rings is 1. The molecule has 1 fully saturated rings. The van der Waals surface area contributed by atoms with Gasteiger partial charge in [0.05, 0.1) is 24.4 Å². The predicted octanol–water partition coefficient (Wildman–Crippen LogP) is 3.80. The first kappa shape index (κ1) is 18.7. The first-order valence-corrected chi connectivity index (χ1v) is 9.81. The lowest BCUT2D eigenvalue weighted by atomic mass is 10.0. The zero-order chi connectivity index (χ0) is 19.5. The van der Waals surface area contributed by atoms with E-state index in [-0.39, 0.29) is 12.1 Å². The zero-order valence-electron chi connectivity index (χ0n) is 16.1. The van der Waals surface area contributed by atoms with E-state index < -0.39 is 0 Å². The van der Waals surface area contributed by atoms with Gasteiger partial charge in [-0.15, -0.1) is 0 Å². The van der Waals surface area contributed by atoms with Gasteiger partial charge in [0.2, 0.25) is 0 Å². The molecular weight excluding hydrogens is 368 g/mol. The van der Waals surface area contributed by atoms with E-state index in [2.05, 4.69) is 69.3 Å². The molecule has 1 N–H and O–H groups in total. The molecule has 0 aliphatic carbocycles. The highest BCUT2D eigenvalue weighted by Crippen LogP contribution is 2.39. The van der Waals surface area contributed by atoms with E-state index in [1.165, 1.54) is 11.3 Å². The van der Waals surface area contributed by atoms with Crippen LogP contribution in [-0.4, -0.2) is 39.8 Å². The zero-order valence-corrected chi connectivity index (χ0v) is 16.9. The Balaban J connectivity index is 1.78. The van der Waals surface area contributed by atoms with Crippen LogP contribution in [0.5, 0.6) is 0 Å². The van der Waals surface area contributed by atoms with Crippen LogP contribution in [0.3, 0.4) is 0 Å². The van der Waals surface area contributed by atoms with Gasteiger partial charge in [-0.25, -0.2) is 0 Å². The van der Waals surface area contributed by atoms with Gasteiger partial charge in [0.15, 0.2) is 5.11 Å². The topological polar surface area (TPSA) is 42.3 Å². The summed E-state index contributed by atoms with van der Waals surface area (Å²) in [6.07, 6.45) is 3.93. The summed E-state index contributed by atoms with van der Waals surface area (Å²) in [7, 11) is 1.72. The highest BCUT2D eigenvalue weighted by molar-refractivity contribution is 7.80. The number of benzene rings is 1. The Morgan fingerprint density at radius 1 is 1.11 bits per heavy atom. The molecule has 2 aromatic heterocycles. The van der Waals surface area contributed by atoms with Crippen molar-refractivity contribution >= 4 is 17.3 Å². The fourth-order valence-corrected chi connectivity index (χ4v) is 4.06. The number of hydrogen-bond donors (Lipinski definition) is 1. The molecule has 1 aliphatic rings. The maximum absolute atomic E-state index is 5.68. The van der Waals surface area contributed by atoms with Gasteiger partial charge in [-0.3, -0.25) is 4.98 Å². The van der Waals surface area contributed by atoms with Crippen molar-refractivity contribution in [2.24, 2.45) is 0 Å². The second-order valence-corrected chi connectivity index (χ2v) is 7.34. The molecule has 0 radical (unpaired) electrons. The minimum absolute atomic E-state index is 0.0221. The molecular formula is C22H24N4OS.